The topological polar surface area (TPSA) is 68.9 Å². The lowest BCUT2D eigenvalue weighted by atomic mass is 10.2. The van der Waals surface area contributed by atoms with Crippen molar-refractivity contribution in [3.63, 3.8) is 0 Å². The first-order chi connectivity index (χ1) is 6.38. The summed E-state index contributed by atoms with van der Waals surface area (Å²) in [6.07, 6.45) is 2.13. The Morgan fingerprint density at radius 2 is 2.62 bits per heavy atom. The van der Waals surface area contributed by atoms with Crippen molar-refractivity contribution in [3.05, 3.63) is 0 Å². The van der Waals surface area contributed by atoms with Crippen LogP contribution >= 0.6 is 0 Å². The second-order valence-corrected chi connectivity index (χ2v) is 2.91. The first kappa shape index (κ1) is 10.4. The van der Waals surface area contributed by atoms with Crippen molar-refractivity contribution in [2.75, 3.05) is 26.9 Å². The van der Waals surface area contributed by atoms with E-state index in [4.69, 9.17) is 15.3 Å². The minimum Gasteiger partial charge on any atom is -0.383 e. The second kappa shape index (κ2) is 5.90. The molecule has 0 aliphatic carbocycles. The monoisotopic (exact) mass is 187 g/mol. The van der Waals surface area contributed by atoms with Gasteiger partial charge in [0.05, 0.1) is 13.2 Å². The van der Waals surface area contributed by atoms with Gasteiger partial charge in [-0.2, -0.15) is 0 Å². The van der Waals surface area contributed by atoms with Gasteiger partial charge in [-0.1, -0.05) is 0 Å². The smallest absolute Gasteiger partial charge is 0.140 e. The maximum atomic E-state index is 5.42. The number of nitrogens with two attached hydrogens (primary N) is 1. The fourth-order valence-corrected chi connectivity index (χ4v) is 1.29. The van der Waals surface area contributed by atoms with Crippen LogP contribution in [0.2, 0.25) is 0 Å². The predicted octanol–water partition coefficient (Wildman–Crippen LogP) is -0.326. The average molecular weight is 187 g/mol. The van der Waals surface area contributed by atoms with Crippen LogP contribution in [-0.4, -0.2) is 38.8 Å². The molecule has 1 unspecified atom stereocenters. The van der Waals surface area contributed by atoms with E-state index in [-0.39, 0.29) is 6.10 Å². The molecule has 1 aliphatic rings. The maximum Gasteiger partial charge on any atom is 0.140 e. The number of hydrogen-bond donors (Lipinski definition) is 2. The third kappa shape index (κ3) is 3.30. The molecule has 0 aromatic rings. The van der Waals surface area contributed by atoms with E-state index in [0.29, 0.717) is 13.2 Å². The Labute approximate surface area is 78.3 Å². The second-order valence-electron chi connectivity index (χ2n) is 2.91. The number of amidine groups is 1. The predicted molar refractivity (Wildman–Crippen MR) is 50.5 cm³/mol. The van der Waals surface area contributed by atoms with Crippen molar-refractivity contribution in [2.24, 2.45) is 10.8 Å². The Morgan fingerprint density at radius 3 is 3.15 bits per heavy atom. The van der Waals surface area contributed by atoms with Gasteiger partial charge >= 0.3 is 0 Å². The minimum absolute atomic E-state index is 0.0573. The van der Waals surface area contributed by atoms with E-state index in [1.807, 2.05) is 0 Å². The van der Waals surface area contributed by atoms with E-state index in [2.05, 4.69) is 10.4 Å². The van der Waals surface area contributed by atoms with E-state index < -0.39 is 0 Å². The number of nitrogens with zero attached hydrogens (tertiary/aromatic N) is 1. The average Bonchev–Trinajstić information content (AvgIpc) is 2.65. The van der Waals surface area contributed by atoms with Crippen molar-refractivity contribution in [3.8, 4) is 0 Å². The van der Waals surface area contributed by atoms with Gasteiger partial charge in [0, 0.05) is 13.7 Å². The molecule has 13 heavy (non-hydrogen) atoms. The summed E-state index contributed by atoms with van der Waals surface area (Å²) in [6.45, 7) is 2.03. The third-order valence-corrected chi connectivity index (χ3v) is 1.96. The summed E-state index contributed by atoms with van der Waals surface area (Å²) in [5.41, 5.74) is 2.57. The van der Waals surface area contributed by atoms with E-state index in [1.54, 1.807) is 7.11 Å². The molecule has 1 saturated heterocycles. The van der Waals surface area contributed by atoms with Crippen LogP contribution in [-0.2, 0) is 9.47 Å². The van der Waals surface area contributed by atoms with Gasteiger partial charge in [-0.3, -0.25) is 4.99 Å². The summed E-state index contributed by atoms with van der Waals surface area (Å²) < 4.78 is 10.3. The highest BCUT2D eigenvalue weighted by atomic mass is 16.5. The summed E-state index contributed by atoms with van der Waals surface area (Å²) >= 11 is 0. The number of rotatable bonds is 4. The van der Waals surface area contributed by atoms with Crippen molar-refractivity contribution in [1.82, 2.24) is 5.43 Å². The van der Waals surface area contributed by atoms with E-state index in [9.17, 15) is 0 Å². The van der Waals surface area contributed by atoms with Gasteiger partial charge in [0.25, 0.3) is 0 Å². The number of hydrazine groups is 1. The Balaban J connectivity index is 2.35. The standard InChI is InChI=1S/C8H17N3O2/c1-12-6-4-10-8(11-9)7-3-2-5-13-7/h7H,2-6,9H2,1H3,(H,10,11). The molecule has 0 aromatic heterocycles. The van der Waals surface area contributed by atoms with Crippen LogP contribution in [0.1, 0.15) is 12.8 Å². The van der Waals surface area contributed by atoms with E-state index >= 15 is 0 Å². The highest BCUT2D eigenvalue weighted by Gasteiger charge is 2.20. The Morgan fingerprint density at radius 1 is 1.77 bits per heavy atom. The molecule has 0 amide bonds. The quantitative estimate of drug-likeness (QED) is 0.208. The number of nitrogens with one attached hydrogen (secondary N) is 1. The molecule has 0 spiro atoms. The molecule has 1 rings (SSSR count). The maximum absolute atomic E-state index is 5.42. The number of methoxy groups -OCH3 is 1. The fraction of sp³-hybridized carbons (Fsp3) is 0.875. The molecule has 76 valence electrons. The zero-order chi connectivity index (χ0) is 9.52. The highest BCUT2D eigenvalue weighted by molar-refractivity contribution is 5.86. The lowest BCUT2D eigenvalue weighted by Gasteiger charge is -2.11. The molecule has 1 fully saturated rings. The number of hydrogen-bond acceptors (Lipinski definition) is 4. The Hall–Kier alpha value is -0.650. The van der Waals surface area contributed by atoms with Crippen LogP contribution in [0.3, 0.4) is 0 Å². The summed E-state index contributed by atoms with van der Waals surface area (Å²) in [5.74, 6) is 6.06. The van der Waals surface area contributed by atoms with Gasteiger partial charge in [-0.15, -0.1) is 0 Å². The van der Waals surface area contributed by atoms with Crippen LogP contribution in [0.15, 0.2) is 4.99 Å². The van der Waals surface area contributed by atoms with Crippen LogP contribution in [0, 0.1) is 0 Å². The number of ether oxygens (including phenoxy) is 2. The lowest BCUT2D eigenvalue weighted by molar-refractivity contribution is 0.155. The van der Waals surface area contributed by atoms with E-state index in [0.717, 1.165) is 25.3 Å². The molecule has 1 atom stereocenters. The zero-order valence-electron chi connectivity index (χ0n) is 7.95. The normalized spacial score (nSPS) is 23.5. The first-order valence-corrected chi connectivity index (χ1v) is 4.50. The summed E-state index contributed by atoms with van der Waals surface area (Å²) in [4.78, 5) is 4.24. The fourth-order valence-electron chi connectivity index (χ4n) is 1.29. The van der Waals surface area contributed by atoms with Crippen LogP contribution < -0.4 is 11.3 Å². The van der Waals surface area contributed by atoms with Gasteiger partial charge < -0.3 is 14.9 Å². The van der Waals surface area contributed by atoms with Gasteiger partial charge in [-0.25, -0.2) is 5.84 Å². The first-order valence-electron chi connectivity index (χ1n) is 4.50. The number of aliphatic imine (C=N–C) groups is 1. The van der Waals surface area contributed by atoms with Crippen LogP contribution in [0.25, 0.3) is 0 Å². The van der Waals surface area contributed by atoms with Crippen molar-refractivity contribution in [1.29, 1.82) is 0 Å². The molecule has 1 heterocycles. The lowest BCUT2D eigenvalue weighted by Crippen LogP contribution is -2.39. The molecule has 5 heteroatoms. The van der Waals surface area contributed by atoms with Crippen LogP contribution in [0.4, 0.5) is 0 Å². The van der Waals surface area contributed by atoms with Gasteiger partial charge in [0.15, 0.2) is 0 Å². The third-order valence-electron chi connectivity index (χ3n) is 1.96. The van der Waals surface area contributed by atoms with Crippen LogP contribution in [0.5, 0.6) is 0 Å². The molecule has 1 aliphatic heterocycles. The largest absolute Gasteiger partial charge is 0.383 e. The minimum atomic E-state index is 0.0573. The Kier molecular flexibility index (Phi) is 4.74. The molecular formula is C8H17N3O2. The van der Waals surface area contributed by atoms with Crippen molar-refractivity contribution < 1.29 is 9.47 Å². The van der Waals surface area contributed by atoms with Crippen molar-refractivity contribution >= 4 is 5.84 Å². The van der Waals surface area contributed by atoms with Gasteiger partial charge in [-0.05, 0) is 12.8 Å². The highest BCUT2D eigenvalue weighted by Crippen LogP contribution is 2.12. The summed E-state index contributed by atoms with van der Waals surface area (Å²) in [5, 5.41) is 0. The van der Waals surface area contributed by atoms with Crippen molar-refractivity contribution in [2.45, 2.75) is 18.9 Å². The molecule has 3 N–H and O–H groups in total. The SMILES string of the molecule is COCCN=C(NN)C1CCCO1. The Bertz CT molecular complexity index is 167. The molecule has 0 saturated carbocycles. The molecule has 0 aromatic carbocycles. The molecule has 0 radical (unpaired) electrons. The molecule has 0 bridgehead atoms. The van der Waals surface area contributed by atoms with E-state index in [1.165, 1.54) is 0 Å². The summed E-state index contributed by atoms with van der Waals surface area (Å²) in [6, 6.07) is 0. The zero-order valence-corrected chi connectivity index (χ0v) is 7.95. The van der Waals surface area contributed by atoms with Gasteiger partial charge in [0.1, 0.15) is 11.9 Å². The summed E-state index contributed by atoms with van der Waals surface area (Å²) in [7, 11) is 1.65. The molecule has 5 nitrogen and oxygen atoms in total. The van der Waals surface area contributed by atoms with Gasteiger partial charge in [0.2, 0.25) is 0 Å². The molecular weight excluding hydrogens is 170 g/mol.